The van der Waals surface area contributed by atoms with E-state index in [1.807, 2.05) is 25.1 Å². The Morgan fingerprint density at radius 2 is 1.84 bits per heavy atom. The molecule has 1 aromatic carbocycles. The Hall–Kier alpha value is -1.57. The molecule has 2 heteroatoms. The monoisotopic (exact) mass is 256 g/mol. The Bertz CT molecular complexity index is 631. The Labute approximate surface area is 113 Å². The highest BCUT2D eigenvalue weighted by Crippen LogP contribution is 2.32. The molecule has 0 spiro atoms. The van der Waals surface area contributed by atoms with Crippen molar-refractivity contribution < 1.29 is 4.42 Å². The zero-order valence-electron chi connectivity index (χ0n) is 11.4. The van der Waals surface area contributed by atoms with Crippen LogP contribution in [0.25, 0.3) is 11.0 Å². The number of rotatable bonds is 1. The van der Waals surface area contributed by atoms with Crippen LogP contribution in [-0.2, 0) is 0 Å². The fourth-order valence-corrected chi connectivity index (χ4v) is 3.10. The van der Waals surface area contributed by atoms with Crippen LogP contribution in [0.15, 0.2) is 33.5 Å². The Morgan fingerprint density at radius 1 is 1.11 bits per heavy atom. The lowest BCUT2D eigenvalue weighted by molar-refractivity contribution is 0.446. The number of aryl methyl sites for hydroxylation is 1. The second-order valence-electron chi connectivity index (χ2n) is 5.65. The van der Waals surface area contributed by atoms with E-state index in [-0.39, 0.29) is 5.43 Å². The summed E-state index contributed by atoms with van der Waals surface area (Å²) in [5.74, 6) is 1.33. The number of hydrogen-bond donors (Lipinski definition) is 0. The molecule has 2 nitrogen and oxygen atoms in total. The lowest BCUT2D eigenvalue weighted by Gasteiger charge is -2.13. The van der Waals surface area contributed by atoms with Crippen molar-refractivity contribution in [2.75, 3.05) is 0 Å². The van der Waals surface area contributed by atoms with E-state index in [1.165, 1.54) is 25.7 Å². The molecule has 0 saturated heterocycles. The third-order valence-electron chi connectivity index (χ3n) is 4.23. The summed E-state index contributed by atoms with van der Waals surface area (Å²) in [6.45, 7) is 2.00. The standard InChI is InChI=1S/C17H20O2/c1-12-7-6-10-14-15(18)11-16(19-17(12)14)13-8-4-2-3-5-9-13/h6-7,10-11,13H,2-5,8-9H2,1H3. The molecule has 1 aliphatic rings. The first-order chi connectivity index (χ1) is 9.25. The quantitative estimate of drug-likeness (QED) is 0.701. The number of benzene rings is 1. The van der Waals surface area contributed by atoms with Gasteiger partial charge in [0.15, 0.2) is 5.43 Å². The van der Waals surface area contributed by atoms with Gasteiger partial charge in [0.05, 0.1) is 5.39 Å². The van der Waals surface area contributed by atoms with Crippen LogP contribution < -0.4 is 5.43 Å². The lowest BCUT2D eigenvalue weighted by Crippen LogP contribution is -2.06. The van der Waals surface area contributed by atoms with Crippen molar-refractivity contribution in [2.24, 2.45) is 0 Å². The van der Waals surface area contributed by atoms with Crippen LogP contribution >= 0.6 is 0 Å². The van der Waals surface area contributed by atoms with Crippen LogP contribution in [0.4, 0.5) is 0 Å². The van der Waals surface area contributed by atoms with Gasteiger partial charge in [-0.2, -0.15) is 0 Å². The van der Waals surface area contributed by atoms with Gasteiger partial charge in [0.25, 0.3) is 0 Å². The van der Waals surface area contributed by atoms with Gasteiger partial charge in [-0.05, 0) is 31.4 Å². The predicted molar refractivity (Wildman–Crippen MR) is 77.7 cm³/mol. The highest BCUT2D eigenvalue weighted by Gasteiger charge is 2.18. The molecule has 100 valence electrons. The van der Waals surface area contributed by atoms with Crippen LogP contribution in [0.3, 0.4) is 0 Å². The second-order valence-corrected chi connectivity index (χ2v) is 5.65. The fraction of sp³-hybridized carbons (Fsp3) is 0.471. The maximum absolute atomic E-state index is 12.2. The third kappa shape index (κ3) is 2.44. The minimum Gasteiger partial charge on any atom is -0.460 e. The number of fused-ring (bicyclic) bond motifs is 1. The Kier molecular flexibility index (Phi) is 3.41. The molecule has 19 heavy (non-hydrogen) atoms. The molecular formula is C17H20O2. The molecule has 0 N–H and O–H groups in total. The van der Waals surface area contributed by atoms with E-state index in [2.05, 4.69) is 0 Å². The summed E-state index contributed by atoms with van der Waals surface area (Å²) in [7, 11) is 0. The first-order valence-corrected chi connectivity index (χ1v) is 7.29. The molecular weight excluding hydrogens is 236 g/mol. The topological polar surface area (TPSA) is 30.2 Å². The van der Waals surface area contributed by atoms with Crippen molar-refractivity contribution >= 4 is 11.0 Å². The van der Waals surface area contributed by atoms with E-state index >= 15 is 0 Å². The summed E-state index contributed by atoms with van der Waals surface area (Å²) in [5.41, 5.74) is 1.92. The van der Waals surface area contributed by atoms with Crippen molar-refractivity contribution in [3.8, 4) is 0 Å². The smallest absolute Gasteiger partial charge is 0.192 e. The van der Waals surface area contributed by atoms with Crippen molar-refractivity contribution in [1.82, 2.24) is 0 Å². The van der Waals surface area contributed by atoms with Crippen molar-refractivity contribution in [3.05, 3.63) is 45.8 Å². The van der Waals surface area contributed by atoms with Crippen molar-refractivity contribution in [2.45, 2.75) is 51.4 Å². The fourth-order valence-electron chi connectivity index (χ4n) is 3.10. The van der Waals surface area contributed by atoms with Gasteiger partial charge in [0.2, 0.25) is 0 Å². The molecule has 0 unspecified atom stereocenters. The number of hydrogen-bond acceptors (Lipinski definition) is 2. The van der Waals surface area contributed by atoms with E-state index in [1.54, 1.807) is 6.07 Å². The molecule has 1 aliphatic carbocycles. The first-order valence-electron chi connectivity index (χ1n) is 7.29. The average molecular weight is 256 g/mol. The van der Waals surface area contributed by atoms with Gasteiger partial charge < -0.3 is 4.42 Å². The molecule has 3 rings (SSSR count). The predicted octanol–water partition coefficient (Wildman–Crippen LogP) is 4.54. The maximum atomic E-state index is 12.2. The highest BCUT2D eigenvalue weighted by atomic mass is 16.3. The van der Waals surface area contributed by atoms with Crippen LogP contribution in [-0.4, -0.2) is 0 Å². The summed E-state index contributed by atoms with van der Waals surface area (Å²) >= 11 is 0. The molecule has 0 bridgehead atoms. The van der Waals surface area contributed by atoms with E-state index < -0.39 is 0 Å². The van der Waals surface area contributed by atoms with E-state index in [4.69, 9.17) is 4.42 Å². The summed E-state index contributed by atoms with van der Waals surface area (Å²) < 4.78 is 6.07. The summed E-state index contributed by atoms with van der Waals surface area (Å²) in [6.07, 6.45) is 7.43. The third-order valence-corrected chi connectivity index (χ3v) is 4.23. The van der Waals surface area contributed by atoms with Crippen LogP contribution in [0.1, 0.15) is 55.8 Å². The maximum Gasteiger partial charge on any atom is 0.192 e. The van der Waals surface area contributed by atoms with Gasteiger partial charge in [0, 0.05) is 12.0 Å². The van der Waals surface area contributed by atoms with Crippen LogP contribution in [0, 0.1) is 6.92 Å². The molecule has 1 saturated carbocycles. The molecule has 1 fully saturated rings. The summed E-state index contributed by atoms with van der Waals surface area (Å²) in [4.78, 5) is 12.2. The van der Waals surface area contributed by atoms with Gasteiger partial charge in [-0.1, -0.05) is 37.8 Å². The largest absolute Gasteiger partial charge is 0.460 e. The molecule has 2 aromatic rings. The normalized spacial score (nSPS) is 17.5. The van der Waals surface area contributed by atoms with Gasteiger partial charge in [-0.3, -0.25) is 4.79 Å². The molecule has 1 heterocycles. The number of para-hydroxylation sites is 1. The molecule has 0 amide bonds. The molecule has 0 aliphatic heterocycles. The van der Waals surface area contributed by atoms with Crippen molar-refractivity contribution in [3.63, 3.8) is 0 Å². The van der Waals surface area contributed by atoms with Gasteiger partial charge in [0.1, 0.15) is 11.3 Å². The SMILES string of the molecule is Cc1cccc2c(=O)cc(C3CCCCCC3)oc12. The molecule has 0 atom stereocenters. The van der Waals surface area contributed by atoms with E-state index in [9.17, 15) is 4.79 Å². The summed E-state index contributed by atoms with van der Waals surface area (Å²) in [6, 6.07) is 7.49. The highest BCUT2D eigenvalue weighted by molar-refractivity contribution is 5.79. The van der Waals surface area contributed by atoms with Crippen LogP contribution in [0.5, 0.6) is 0 Å². The Balaban J connectivity index is 2.09. The second kappa shape index (κ2) is 5.20. The Morgan fingerprint density at radius 3 is 2.58 bits per heavy atom. The minimum absolute atomic E-state index is 0.101. The van der Waals surface area contributed by atoms with E-state index in [0.29, 0.717) is 11.3 Å². The van der Waals surface area contributed by atoms with Gasteiger partial charge >= 0.3 is 0 Å². The van der Waals surface area contributed by atoms with Crippen molar-refractivity contribution in [1.29, 1.82) is 0 Å². The van der Waals surface area contributed by atoms with Gasteiger partial charge in [-0.25, -0.2) is 0 Å². The minimum atomic E-state index is 0.101. The first kappa shape index (κ1) is 12.5. The van der Waals surface area contributed by atoms with Crippen LogP contribution in [0.2, 0.25) is 0 Å². The summed E-state index contributed by atoms with van der Waals surface area (Å²) in [5, 5.41) is 0.706. The van der Waals surface area contributed by atoms with E-state index in [0.717, 1.165) is 29.7 Å². The molecule has 1 aromatic heterocycles. The zero-order chi connectivity index (χ0) is 13.2. The lowest BCUT2D eigenvalue weighted by atomic mass is 9.96. The molecule has 0 radical (unpaired) electrons. The van der Waals surface area contributed by atoms with Gasteiger partial charge in [-0.15, -0.1) is 0 Å². The average Bonchev–Trinajstić information content (AvgIpc) is 2.69. The zero-order valence-corrected chi connectivity index (χ0v) is 11.4.